The minimum atomic E-state index is 0.0949. The number of benzene rings is 1. The number of nitrogens with zero attached hydrogens (tertiary/aromatic N) is 4. The number of fused-ring (bicyclic) bond motifs is 3. The van der Waals surface area contributed by atoms with Crippen LogP contribution in [0.15, 0.2) is 35.5 Å². The van der Waals surface area contributed by atoms with E-state index in [2.05, 4.69) is 28.6 Å². The summed E-state index contributed by atoms with van der Waals surface area (Å²) < 4.78 is 15.4. The van der Waals surface area contributed by atoms with Crippen LogP contribution in [-0.4, -0.2) is 50.5 Å². The highest BCUT2D eigenvalue weighted by Crippen LogP contribution is 2.29. The zero-order valence-electron chi connectivity index (χ0n) is 19.4. The topological polar surface area (TPSA) is 70.7 Å². The molecule has 4 heterocycles. The Hall–Kier alpha value is -2.84. The van der Waals surface area contributed by atoms with Crippen molar-refractivity contribution in [3.63, 3.8) is 0 Å². The second-order valence-corrected chi connectivity index (χ2v) is 9.57. The van der Waals surface area contributed by atoms with Crippen molar-refractivity contribution in [2.24, 2.45) is 0 Å². The summed E-state index contributed by atoms with van der Waals surface area (Å²) in [5.74, 6) is 1.16. The molecule has 1 aliphatic heterocycles. The fourth-order valence-electron chi connectivity index (χ4n) is 4.69. The molecule has 0 spiro atoms. The van der Waals surface area contributed by atoms with E-state index >= 15 is 0 Å². The lowest BCUT2D eigenvalue weighted by Gasteiger charge is -2.14. The quantitative estimate of drug-likeness (QED) is 0.290. The number of methoxy groups -OCH3 is 1. The van der Waals surface area contributed by atoms with Gasteiger partial charge in [0, 0.05) is 41.6 Å². The van der Waals surface area contributed by atoms with E-state index in [1.165, 1.54) is 11.8 Å². The van der Waals surface area contributed by atoms with E-state index in [1.807, 2.05) is 41.7 Å². The van der Waals surface area contributed by atoms with E-state index < -0.39 is 0 Å². The van der Waals surface area contributed by atoms with Gasteiger partial charge in [0.2, 0.25) is 0 Å². The number of ketones is 1. The Bertz CT molecular complexity index is 1350. The summed E-state index contributed by atoms with van der Waals surface area (Å²) in [6, 6.07) is 10.0. The highest BCUT2D eigenvalue weighted by atomic mass is 32.2. The van der Waals surface area contributed by atoms with Crippen molar-refractivity contribution in [2.75, 3.05) is 19.5 Å². The van der Waals surface area contributed by atoms with Crippen molar-refractivity contribution in [1.82, 2.24) is 19.2 Å². The van der Waals surface area contributed by atoms with Crippen LogP contribution < -0.4 is 4.74 Å². The van der Waals surface area contributed by atoms with Gasteiger partial charge in [0.05, 0.1) is 24.5 Å². The molecule has 0 N–H and O–H groups in total. The third-order valence-electron chi connectivity index (χ3n) is 6.49. The van der Waals surface area contributed by atoms with E-state index in [0.717, 1.165) is 70.8 Å². The normalized spacial score (nSPS) is 16.2. The van der Waals surface area contributed by atoms with E-state index in [-0.39, 0.29) is 11.9 Å². The number of pyridine rings is 1. The minimum absolute atomic E-state index is 0.0949. The molecule has 0 radical (unpaired) electrons. The lowest BCUT2D eigenvalue weighted by molar-refractivity contribution is 0.0957. The van der Waals surface area contributed by atoms with Gasteiger partial charge in [-0.15, -0.1) is 10.2 Å². The maximum atomic E-state index is 13.2. The van der Waals surface area contributed by atoms with Crippen molar-refractivity contribution in [3.05, 3.63) is 52.8 Å². The average Bonchev–Trinajstić information content (AvgIpc) is 3.54. The molecule has 5 rings (SSSR count). The van der Waals surface area contributed by atoms with Gasteiger partial charge in [-0.1, -0.05) is 11.8 Å². The average molecular weight is 465 g/mol. The Kier molecular flexibility index (Phi) is 5.88. The zero-order valence-corrected chi connectivity index (χ0v) is 20.2. The van der Waals surface area contributed by atoms with Crippen molar-refractivity contribution >= 4 is 34.1 Å². The third kappa shape index (κ3) is 4.02. The Balaban J connectivity index is 1.41. The van der Waals surface area contributed by atoms with Crippen LogP contribution in [-0.2, 0) is 11.3 Å². The van der Waals surface area contributed by atoms with E-state index in [0.29, 0.717) is 10.9 Å². The number of thioether (sulfide) groups is 1. The summed E-state index contributed by atoms with van der Waals surface area (Å²) in [7, 11) is 1.66. The number of carbonyl (C=O) groups excluding carboxylic acids is 1. The van der Waals surface area contributed by atoms with E-state index in [1.54, 1.807) is 7.11 Å². The molecule has 0 saturated carbocycles. The molecule has 33 heavy (non-hydrogen) atoms. The first-order valence-corrected chi connectivity index (χ1v) is 12.2. The van der Waals surface area contributed by atoms with Gasteiger partial charge in [-0.2, -0.15) is 0 Å². The summed E-state index contributed by atoms with van der Waals surface area (Å²) >= 11 is 1.42. The number of aryl methyl sites for hydroxylation is 2. The molecule has 1 aliphatic rings. The van der Waals surface area contributed by atoms with Crippen LogP contribution in [0.5, 0.6) is 5.75 Å². The highest BCUT2D eigenvalue weighted by Gasteiger charge is 2.22. The summed E-state index contributed by atoms with van der Waals surface area (Å²) in [4.78, 5) is 13.2. The van der Waals surface area contributed by atoms with Crippen LogP contribution in [0.1, 0.15) is 40.2 Å². The molecule has 8 heteroatoms. The summed E-state index contributed by atoms with van der Waals surface area (Å²) in [6.07, 6.45) is 2.43. The molecule has 0 bridgehead atoms. The van der Waals surface area contributed by atoms with Crippen molar-refractivity contribution in [3.8, 4) is 5.75 Å². The summed E-state index contributed by atoms with van der Waals surface area (Å²) in [5, 5.41) is 10.5. The van der Waals surface area contributed by atoms with Gasteiger partial charge in [-0.05, 0) is 63.4 Å². The molecule has 0 unspecified atom stereocenters. The zero-order chi connectivity index (χ0) is 23.1. The third-order valence-corrected chi connectivity index (χ3v) is 7.42. The molecule has 3 aromatic heterocycles. The first-order chi connectivity index (χ1) is 16.0. The fourth-order valence-corrected chi connectivity index (χ4v) is 5.52. The van der Waals surface area contributed by atoms with Crippen LogP contribution in [0.25, 0.3) is 16.6 Å². The Morgan fingerprint density at radius 3 is 2.82 bits per heavy atom. The van der Waals surface area contributed by atoms with Gasteiger partial charge in [0.1, 0.15) is 5.75 Å². The first kappa shape index (κ1) is 22.0. The Morgan fingerprint density at radius 1 is 1.21 bits per heavy atom. The largest absolute Gasteiger partial charge is 0.497 e. The predicted molar refractivity (Wildman–Crippen MR) is 130 cm³/mol. The summed E-state index contributed by atoms with van der Waals surface area (Å²) in [6.45, 7) is 7.78. The minimum Gasteiger partial charge on any atom is -0.497 e. The predicted octanol–water partition coefficient (Wildman–Crippen LogP) is 4.77. The molecule has 0 amide bonds. The van der Waals surface area contributed by atoms with Gasteiger partial charge in [-0.3, -0.25) is 9.20 Å². The van der Waals surface area contributed by atoms with Gasteiger partial charge in [-0.25, -0.2) is 0 Å². The molecule has 0 aliphatic carbocycles. The lowest BCUT2D eigenvalue weighted by atomic mass is 10.1. The van der Waals surface area contributed by atoms with Crippen molar-refractivity contribution < 1.29 is 14.3 Å². The number of rotatable bonds is 7. The van der Waals surface area contributed by atoms with Crippen molar-refractivity contribution in [2.45, 2.75) is 51.4 Å². The number of ether oxygens (including phenoxy) is 2. The number of Topliss-reactive ketones (excluding diaryl/α,β-unsaturated/α-hetero) is 1. The van der Waals surface area contributed by atoms with Crippen LogP contribution in [0, 0.1) is 20.8 Å². The fraction of sp³-hybridized carbons (Fsp3) is 0.400. The number of hydrogen-bond donors (Lipinski definition) is 0. The molecule has 7 nitrogen and oxygen atoms in total. The van der Waals surface area contributed by atoms with Crippen LogP contribution >= 0.6 is 11.8 Å². The number of hydrogen-bond acceptors (Lipinski definition) is 6. The molecule has 172 valence electrons. The SMILES string of the molecule is COc1ccc2c(C)cc3nnc(SCC(=O)c4cc(C)n(C[C@H]5CCCO5)c4C)n3c2c1. The van der Waals surface area contributed by atoms with Crippen LogP contribution in [0.3, 0.4) is 0 Å². The molecule has 1 atom stereocenters. The number of aromatic nitrogens is 4. The highest BCUT2D eigenvalue weighted by molar-refractivity contribution is 7.99. The monoisotopic (exact) mass is 464 g/mol. The smallest absolute Gasteiger partial charge is 0.196 e. The maximum Gasteiger partial charge on any atom is 0.196 e. The van der Waals surface area contributed by atoms with Gasteiger partial charge >= 0.3 is 0 Å². The van der Waals surface area contributed by atoms with E-state index in [9.17, 15) is 4.79 Å². The second kappa shape index (κ2) is 8.83. The van der Waals surface area contributed by atoms with Crippen molar-refractivity contribution in [1.29, 1.82) is 0 Å². The molecular formula is C25H28N4O3S. The molecule has 1 fully saturated rings. The van der Waals surface area contributed by atoms with Gasteiger partial charge in [0.15, 0.2) is 16.6 Å². The lowest BCUT2D eigenvalue weighted by Crippen LogP contribution is -2.17. The van der Waals surface area contributed by atoms with Gasteiger partial charge < -0.3 is 14.0 Å². The van der Waals surface area contributed by atoms with Crippen LogP contribution in [0.4, 0.5) is 0 Å². The number of carbonyl (C=O) groups is 1. The molecule has 1 saturated heterocycles. The first-order valence-electron chi connectivity index (χ1n) is 11.2. The Morgan fingerprint density at radius 2 is 2.06 bits per heavy atom. The Labute approximate surface area is 197 Å². The molecule has 4 aromatic rings. The second-order valence-electron chi connectivity index (χ2n) is 8.63. The summed E-state index contributed by atoms with van der Waals surface area (Å²) in [5.41, 5.74) is 5.73. The van der Waals surface area contributed by atoms with Gasteiger partial charge in [0.25, 0.3) is 0 Å². The molecule has 1 aromatic carbocycles. The van der Waals surface area contributed by atoms with E-state index in [4.69, 9.17) is 9.47 Å². The standard InChI is InChI=1S/C25H28N4O3S/c1-15-10-24-26-27-25(29(24)22-12-18(31-4)7-8-20(15)22)33-14-23(30)21-11-16(2)28(17(21)3)13-19-6-5-9-32-19/h7-8,10-12,19H,5-6,9,13-14H2,1-4H3/t19-/m1/s1. The molecular weight excluding hydrogens is 436 g/mol. The van der Waals surface area contributed by atoms with Crippen LogP contribution in [0.2, 0.25) is 0 Å². The maximum absolute atomic E-state index is 13.2.